The molecule has 0 aromatic carbocycles. The van der Waals surface area contributed by atoms with E-state index >= 15 is 0 Å². The fourth-order valence-corrected chi connectivity index (χ4v) is 4.73. The molecule has 1 fully saturated rings. The molecule has 0 unspecified atom stereocenters. The summed E-state index contributed by atoms with van der Waals surface area (Å²) in [5.74, 6) is 0.148. The topological polar surface area (TPSA) is 94.7 Å². The van der Waals surface area contributed by atoms with E-state index in [0.717, 1.165) is 11.3 Å². The fourth-order valence-electron chi connectivity index (χ4n) is 3.54. The zero-order valence-corrected chi connectivity index (χ0v) is 19.9. The van der Waals surface area contributed by atoms with Gasteiger partial charge in [0.05, 0.1) is 16.5 Å². The summed E-state index contributed by atoms with van der Waals surface area (Å²) in [6, 6.07) is -0.256. The second kappa shape index (κ2) is 8.96. The highest BCUT2D eigenvalue weighted by Gasteiger charge is 2.38. The zero-order valence-electron chi connectivity index (χ0n) is 19.1. The Hall–Kier alpha value is -2.63. The maximum absolute atomic E-state index is 13.2. The third-order valence-corrected chi connectivity index (χ3v) is 6.51. The number of nitrogens with one attached hydrogen (secondary N) is 1. The highest BCUT2D eigenvalue weighted by atomic mass is 32.1. The van der Waals surface area contributed by atoms with Crippen molar-refractivity contribution in [2.75, 3.05) is 0 Å². The lowest BCUT2D eigenvalue weighted by Crippen LogP contribution is -2.39. The van der Waals surface area contributed by atoms with E-state index in [-0.39, 0.29) is 30.3 Å². The van der Waals surface area contributed by atoms with Crippen molar-refractivity contribution in [3.8, 4) is 0 Å². The monoisotopic (exact) mass is 488 g/mol. The van der Waals surface area contributed by atoms with Crippen LogP contribution in [-0.2, 0) is 11.3 Å². The van der Waals surface area contributed by atoms with E-state index in [9.17, 15) is 27.6 Å². The van der Waals surface area contributed by atoms with Crippen molar-refractivity contribution in [1.82, 2.24) is 14.6 Å². The van der Waals surface area contributed by atoms with Gasteiger partial charge >= 0.3 is 18.0 Å². The van der Waals surface area contributed by atoms with E-state index in [4.69, 9.17) is 4.74 Å². The average Bonchev–Trinajstić information content (AvgIpc) is 3.26. The molecule has 1 N–H and O–H groups in total. The number of aromatic nitrogens is 2. The van der Waals surface area contributed by atoms with Crippen molar-refractivity contribution < 1.29 is 22.7 Å². The van der Waals surface area contributed by atoms with Gasteiger partial charge in [-0.1, -0.05) is 6.92 Å². The molecule has 0 spiro atoms. The normalized spacial score (nSPS) is 18.8. The summed E-state index contributed by atoms with van der Waals surface area (Å²) >= 11 is 1.07. The summed E-state index contributed by atoms with van der Waals surface area (Å²) in [6.07, 6.45) is -4.40. The number of thiophene rings is 1. The lowest BCUT2D eigenvalue weighted by Gasteiger charge is -2.18. The van der Waals surface area contributed by atoms with Crippen LogP contribution in [0.1, 0.15) is 63.4 Å². The van der Waals surface area contributed by atoms with Gasteiger partial charge < -0.3 is 4.74 Å². The van der Waals surface area contributed by atoms with E-state index in [1.54, 1.807) is 27.7 Å². The van der Waals surface area contributed by atoms with Crippen LogP contribution in [0.25, 0.3) is 10.2 Å². The van der Waals surface area contributed by atoms with Crippen LogP contribution in [0.15, 0.2) is 14.7 Å². The van der Waals surface area contributed by atoms with Crippen LogP contribution in [0.5, 0.6) is 0 Å². The van der Waals surface area contributed by atoms with Gasteiger partial charge in [-0.05, 0) is 52.0 Å². The number of ether oxygens (including phenoxy) is 1. The largest absolute Gasteiger partial charge is 0.443 e. The van der Waals surface area contributed by atoms with Gasteiger partial charge in [-0.25, -0.2) is 15.0 Å². The van der Waals surface area contributed by atoms with Crippen molar-refractivity contribution in [2.24, 2.45) is 11.0 Å². The molecule has 12 heteroatoms. The predicted molar refractivity (Wildman–Crippen MR) is 120 cm³/mol. The number of aryl methyl sites for hydroxylation is 2. The number of hydrogen-bond acceptors (Lipinski definition) is 6. The third kappa shape index (κ3) is 5.84. The number of fused-ring (bicyclic) bond motifs is 1. The Morgan fingerprint density at radius 3 is 2.48 bits per heavy atom. The molecule has 3 rings (SSSR count). The van der Waals surface area contributed by atoms with Crippen LogP contribution < -0.4 is 16.7 Å². The molecule has 33 heavy (non-hydrogen) atoms. The van der Waals surface area contributed by atoms with Gasteiger partial charge in [-0.2, -0.15) is 18.3 Å². The Bertz CT molecular complexity index is 1200. The Morgan fingerprint density at radius 2 is 1.94 bits per heavy atom. The van der Waals surface area contributed by atoms with E-state index < -0.39 is 35.5 Å². The quantitative estimate of drug-likeness (QED) is 0.484. The number of alkyl halides is 3. The van der Waals surface area contributed by atoms with Gasteiger partial charge in [0, 0.05) is 19.0 Å². The Labute approximate surface area is 192 Å². The molecular formula is C21H27F3N4O4S. The second-order valence-corrected chi connectivity index (χ2v) is 10.3. The third-order valence-electron chi connectivity index (χ3n) is 5.26. The number of carbonyl (C=O) groups is 1. The van der Waals surface area contributed by atoms with Gasteiger partial charge in [-0.15, -0.1) is 11.3 Å². The van der Waals surface area contributed by atoms with Crippen molar-refractivity contribution in [3.05, 3.63) is 31.3 Å². The molecule has 1 aliphatic rings. The summed E-state index contributed by atoms with van der Waals surface area (Å²) in [5.41, 5.74) is 1.02. The molecular weight excluding hydrogens is 461 g/mol. The predicted octanol–water partition coefficient (Wildman–Crippen LogP) is 4.32. The number of amides is 1. The smallest absolute Gasteiger partial charge is 0.428 e. The van der Waals surface area contributed by atoms with Crippen LogP contribution in [0.2, 0.25) is 0 Å². The Balaban J connectivity index is 2.00. The Morgan fingerprint density at radius 1 is 1.30 bits per heavy atom. The molecule has 1 amide bonds. The molecule has 1 aliphatic carbocycles. The molecule has 2 aromatic rings. The lowest BCUT2D eigenvalue weighted by molar-refractivity contribution is -0.135. The van der Waals surface area contributed by atoms with Crippen molar-refractivity contribution in [3.63, 3.8) is 0 Å². The average molecular weight is 489 g/mol. The van der Waals surface area contributed by atoms with Gasteiger partial charge in [0.25, 0.3) is 5.56 Å². The van der Waals surface area contributed by atoms with Crippen molar-refractivity contribution in [2.45, 2.75) is 78.2 Å². The molecule has 1 saturated carbocycles. The van der Waals surface area contributed by atoms with Gasteiger partial charge in [-0.3, -0.25) is 13.9 Å². The van der Waals surface area contributed by atoms with Crippen LogP contribution in [0, 0.1) is 12.8 Å². The summed E-state index contributed by atoms with van der Waals surface area (Å²) in [6.45, 7) is 8.54. The first-order valence-corrected chi connectivity index (χ1v) is 11.4. The SMILES string of the molecule is Cc1c(/C=N/NC(=O)OC(C)(C)C)sc2c1c(=O)n([C@H]1C[C@@H]1C)c(=O)n2CCCC(F)(F)F. The van der Waals surface area contributed by atoms with Gasteiger partial charge in [0.1, 0.15) is 10.4 Å². The number of hydrazone groups is 1. The number of hydrogen-bond donors (Lipinski definition) is 1. The molecule has 8 nitrogen and oxygen atoms in total. The Kier molecular flexibility index (Phi) is 6.79. The minimum atomic E-state index is -4.33. The molecule has 2 heterocycles. The number of rotatable bonds is 6. The van der Waals surface area contributed by atoms with E-state index in [1.807, 2.05) is 6.92 Å². The van der Waals surface area contributed by atoms with Crippen LogP contribution in [0.3, 0.4) is 0 Å². The first-order chi connectivity index (χ1) is 15.2. The number of halogens is 3. The zero-order chi connectivity index (χ0) is 24.7. The summed E-state index contributed by atoms with van der Waals surface area (Å²) in [7, 11) is 0. The molecule has 0 bridgehead atoms. The second-order valence-electron chi connectivity index (χ2n) is 9.25. The van der Waals surface area contributed by atoms with Crippen LogP contribution in [0.4, 0.5) is 18.0 Å². The standard InChI is InChI=1S/C21H27F3N4O4S/c1-11-9-13(11)28-16(29)15-12(2)14(10-25-26-18(30)32-20(3,4)5)33-17(15)27(19(28)31)8-6-7-21(22,23)24/h10-11,13H,6-9H2,1-5H3,(H,26,30)/b25-10+/t11-,13-/m0/s1. The van der Waals surface area contributed by atoms with Crippen molar-refractivity contribution in [1.29, 1.82) is 0 Å². The molecule has 0 radical (unpaired) electrons. The molecule has 0 aliphatic heterocycles. The highest BCUT2D eigenvalue weighted by molar-refractivity contribution is 7.20. The fraction of sp³-hybridized carbons (Fsp3) is 0.619. The first kappa shape index (κ1) is 25.0. The number of carbonyl (C=O) groups excluding carboxylic acids is 1. The van der Waals surface area contributed by atoms with E-state index in [1.165, 1.54) is 15.3 Å². The van der Waals surface area contributed by atoms with Crippen LogP contribution >= 0.6 is 11.3 Å². The van der Waals surface area contributed by atoms with Crippen LogP contribution in [-0.4, -0.2) is 33.2 Å². The van der Waals surface area contributed by atoms with Gasteiger partial charge in [0.15, 0.2) is 0 Å². The summed E-state index contributed by atoms with van der Waals surface area (Å²) in [5, 5.41) is 4.14. The lowest BCUT2D eigenvalue weighted by atomic mass is 10.2. The molecule has 0 saturated heterocycles. The number of nitrogens with zero attached hydrogens (tertiary/aromatic N) is 3. The summed E-state index contributed by atoms with van der Waals surface area (Å²) < 4.78 is 45.6. The molecule has 2 atom stereocenters. The first-order valence-electron chi connectivity index (χ1n) is 10.6. The highest BCUT2D eigenvalue weighted by Crippen LogP contribution is 2.41. The minimum Gasteiger partial charge on any atom is -0.443 e. The maximum atomic E-state index is 13.2. The summed E-state index contributed by atoms with van der Waals surface area (Å²) in [4.78, 5) is 38.8. The van der Waals surface area contributed by atoms with Gasteiger partial charge in [0.2, 0.25) is 0 Å². The van der Waals surface area contributed by atoms with Crippen molar-refractivity contribution >= 4 is 33.9 Å². The van der Waals surface area contributed by atoms with E-state index in [0.29, 0.717) is 21.7 Å². The molecule has 2 aromatic heterocycles. The minimum absolute atomic E-state index is 0.148. The molecule has 182 valence electrons. The van der Waals surface area contributed by atoms with E-state index in [2.05, 4.69) is 10.5 Å². The maximum Gasteiger partial charge on any atom is 0.428 e.